The van der Waals surface area contributed by atoms with Crippen LogP contribution in [0.1, 0.15) is 25.8 Å². The lowest BCUT2D eigenvalue weighted by Gasteiger charge is -2.02. The second kappa shape index (κ2) is 7.18. The van der Waals surface area contributed by atoms with Crippen LogP contribution in [0.15, 0.2) is 29.8 Å². The molecule has 0 N–H and O–H groups in total. The Hall–Kier alpha value is -2.50. The first-order valence-electron chi connectivity index (χ1n) is 5.99. The molecule has 0 atom stereocenters. The predicted molar refractivity (Wildman–Crippen MR) is 73.0 cm³/mol. The first-order chi connectivity index (χ1) is 9.40. The van der Waals surface area contributed by atoms with Crippen LogP contribution in [-0.4, -0.2) is 23.3 Å². The van der Waals surface area contributed by atoms with Gasteiger partial charge in [0.25, 0.3) is 5.69 Å². The van der Waals surface area contributed by atoms with Gasteiger partial charge in [0, 0.05) is 25.5 Å². The van der Waals surface area contributed by atoms with Gasteiger partial charge in [0.15, 0.2) is 5.78 Å². The fourth-order valence-corrected chi connectivity index (χ4v) is 1.51. The molecule has 0 bridgehead atoms. The van der Waals surface area contributed by atoms with E-state index in [4.69, 9.17) is 4.74 Å². The summed E-state index contributed by atoms with van der Waals surface area (Å²) >= 11 is 0. The van der Waals surface area contributed by atoms with E-state index >= 15 is 0 Å². The molecule has 0 fully saturated rings. The van der Waals surface area contributed by atoms with Crippen molar-refractivity contribution in [2.24, 2.45) is 0 Å². The van der Waals surface area contributed by atoms with E-state index in [1.165, 1.54) is 19.1 Å². The molecule has 0 amide bonds. The zero-order chi connectivity index (χ0) is 15.1. The Bertz CT molecular complexity index is 545. The third-order valence-corrected chi connectivity index (χ3v) is 2.56. The Kier molecular flexibility index (Phi) is 5.58. The first kappa shape index (κ1) is 15.6. The molecule has 1 aromatic rings. The van der Waals surface area contributed by atoms with Crippen LogP contribution in [-0.2, 0) is 14.3 Å². The molecule has 1 rings (SSSR count). The lowest BCUT2D eigenvalue weighted by molar-refractivity contribution is -0.384. The Labute approximate surface area is 116 Å². The highest BCUT2D eigenvalue weighted by Crippen LogP contribution is 2.15. The highest BCUT2D eigenvalue weighted by molar-refractivity contribution is 5.99. The van der Waals surface area contributed by atoms with Crippen LogP contribution in [0.5, 0.6) is 0 Å². The molecule has 0 saturated carbocycles. The van der Waals surface area contributed by atoms with Crippen molar-refractivity contribution in [2.45, 2.75) is 20.3 Å². The molecule has 0 spiro atoms. The van der Waals surface area contributed by atoms with Crippen molar-refractivity contribution < 1.29 is 19.2 Å². The standard InChI is InChI=1S/C14H15NO5/c1-10(14(17)7-8-20-11(2)16)9-12-3-5-13(6-4-12)15(18)19/h3-6,9H,7-8H2,1-2H3/b10-9+. The molecule has 0 radical (unpaired) electrons. The number of ether oxygens (including phenoxy) is 1. The molecular weight excluding hydrogens is 262 g/mol. The minimum Gasteiger partial charge on any atom is -0.465 e. The van der Waals surface area contributed by atoms with Gasteiger partial charge in [0.1, 0.15) is 0 Å². The molecule has 0 aliphatic carbocycles. The summed E-state index contributed by atoms with van der Waals surface area (Å²) < 4.78 is 4.69. The average molecular weight is 277 g/mol. The summed E-state index contributed by atoms with van der Waals surface area (Å²) in [4.78, 5) is 32.3. The monoisotopic (exact) mass is 277 g/mol. The Morgan fingerprint density at radius 2 is 1.85 bits per heavy atom. The Morgan fingerprint density at radius 3 is 2.35 bits per heavy atom. The maximum Gasteiger partial charge on any atom is 0.302 e. The molecule has 0 aliphatic rings. The first-order valence-corrected chi connectivity index (χ1v) is 5.99. The molecule has 106 valence electrons. The third kappa shape index (κ3) is 5.01. The summed E-state index contributed by atoms with van der Waals surface area (Å²) in [5, 5.41) is 10.5. The average Bonchev–Trinajstić information content (AvgIpc) is 2.38. The lowest BCUT2D eigenvalue weighted by Crippen LogP contribution is -2.07. The molecule has 0 aromatic heterocycles. The van der Waals surface area contributed by atoms with Crippen molar-refractivity contribution in [3.8, 4) is 0 Å². The maximum absolute atomic E-state index is 11.7. The SMILES string of the molecule is CC(=O)OCCC(=O)/C(C)=C/c1ccc([N+](=O)[O-])cc1. The normalized spacial score (nSPS) is 11.0. The summed E-state index contributed by atoms with van der Waals surface area (Å²) in [6.45, 7) is 2.99. The van der Waals surface area contributed by atoms with Crippen LogP contribution in [0, 0.1) is 10.1 Å². The number of nitro benzene ring substituents is 1. The second-order valence-corrected chi connectivity index (χ2v) is 4.19. The van der Waals surface area contributed by atoms with Gasteiger partial charge in [0.2, 0.25) is 0 Å². The summed E-state index contributed by atoms with van der Waals surface area (Å²) in [6.07, 6.45) is 1.76. The fourth-order valence-electron chi connectivity index (χ4n) is 1.51. The van der Waals surface area contributed by atoms with Gasteiger partial charge in [0.05, 0.1) is 11.5 Å². The number of nitrogens with zero attached hydrogens (tertiary/aromatic N) is 1. The summed E-state index contributed by atoms with van der Waals surface area (Å²) in [7, 11) is 0. The van der Waals surface area contributed by atoms with Gasteiger partial charge in [-0.05, 0) is 36.3 Å². The van der Waals surface area contributed by atoms with Crippen molar-refractivity contribution >= 4 is 23.5 Å². The van der Waals surface area contributed by atoms with Crippen molar-refractivity contribution in [2.75, 3.05) is 6.61 Å². The van der Waals surface area contributed by atoms with Gasteiger partial charge in [-0.25, -0.2) is 0 Å². The van der Waals surface area contributed by atoms with Gasteiger partial charge in [-0.15, -0.1) is 0 Å². The molecule has 6 heteroatoms. The number of esters is 1. The van der Waals surface area contributed by atoms with Crippen LogP contribution in [0.25, 0.3) is 6.08 Å². The predicted octanol–water partition coefficient (Wildman–Crippen LogP) is 2.52. The molecule has 6 nitrogen and oxygen atoms in total. The Balaban J connectivity index is 2.65. The van der Waals surface area contributed by atoms with E-state index in [2.05, 4.69) is 0 Å². The zero-order valence-corrected chi connectivity index (χ0v) is 11.3. The number of carbonyl (C=O) groups excluding carboxylic acids is 2. The van der Waals surface area contributed by atoms with Gasteiger partial charge >= 0.3 is 5.97 Å². The summed E-state index contributed by atoms with van der Waals surface area (Å²) in [5.74, 6) is -0.556. The van der Waals surface area contributed by atoms with Gasteiger partial charge in [-0.1, -0.05) is 0 Å². The molecule has 20 heavy (non-hydrogen) atoms. The van der Waals surface area contributed by atoms with E-state index in [9.17, 15) is 19.7 Å². The number of rotatable bonds is 6. The number of benzene rings is 1. The van der Waals surface area contributed by atoms with E-state index in [0.29, 0.717) is 11.1 Å². The quantitative estimate of drug-likeness (QED) is 0.345. The number of hydrogen-bond acceptors (Lipinski definition) is 5. The van der Waals surface area contributed by atoms with Crippen molar-refractivity contribution in [1.29, 1.82) is 0 Å². The van der Waals surface area contributed by atoms with Crippen LogP contribution >= 0.6 is 0 Å². The molecule has 0 unspecified atom stereocenters. The van der Waals surface area contributed by atoms with Crippen LogP contribution < -0.4 is 0 Å². The molecule has 0 saturated heterocycles. The van der Waals surface area contributed by atoms with Crippen molar-refractivity contribution in [1.82, 2.24) is 0 Å². The molecule has 0 aliphatic heterocycles. The summed E-state index contributed by atoms with van der Waals surface area (Å²) in [5.41, 5.74) is 1.21. The zero-order valence-electron chi connectivity index (χ0n) is 11.3. The number of non-ortho nitro benzene ring substituents is 1. The maximum atomic E-state index is 11.7. The van der Waals surface area contributed by atoms with Crippen LogP contribution in [0.2, 0.25) is 0 Å². The number of carbonyl (C=O) groups is 2. The van der Waals surface area contributed by atoms with Gasteiger partial charge in [-0.3, -0.25) is 19.7 Å². The number of nitro groups is 1. The summed E-state index contributed by atoms with van der Waals surface area (Å²) in [6, 6.07) is 5.90. The smallest absolute Gasteiger partial charge is 0.302 e. The van der Waals surface area contributed by atoms with Crippen LogP contribution in [0.3, 0.4) is 0 Å². The fraction of sp³-hybridized carbons (Fsp3) is 0.286. The Morgan fingerprint density at radius 1 is 1.25 bits per heavy atom. The van der Waals surface area contributed by atoms with E-state index in [1.54, 1.807) is 25.1 Å². The topological polar surface area (TPSA) is 86.5 Å². The minimum atomic E-state index is -0.482. The van der Waals surface area contributed by atoms with E-state index < -0.39 is 10.9 Å². The van der Waals surface area contributed by atoms with Crippen LogP contribution in [0.4, 0.5) is 5.69 Å². The minimum absolute atomic E-state index is 0.000915. The lowest BCUT2D eigenvalue weighted by atomic mass is 10.1. The van der Waals surface area contributed by atoms with E-state index in [0.717, 1.165) is 0 Å². The number of Topliss-reactive ketones (excluding diaryl/α,β-unsaturated/α-hetero) is 1. The molecular formula is C14H15NO5. The largest absolute Gasteiger partial charge is 0.465 e. The van der Waals surface area contributed by atoms with Gasteiger partial charge in [-0.2, -0.15) is 0 Å². The molecule has 1 aromatic carbocycles. The number of hydrogen-bond donors (Lipinski definition) is 0. The van der Waals surface area contributed by atoms with E-state index in [1.807, 2.05) is 0 Å². The number of allylic oxidation sites excluding steroid dienone is 1. The third-order valence-electron chi connectivity index (χ3n) is 2.56. The highest BCUT2D eigenvalue weighted by atomic mass is 16.6. The van der Waals surface area contributed by atoms with E-state index in [-0.39, 0.29) is 24.5 Å². The van der Waals surface area contributed by atoms with Crippen molar-refractivity contribution in [3.63, 3.8) is 0 Å². The number of ketones is 1. The van der Waals surface area contributed by atoms with Crippen molar-refractivity contribution in [3.05, 3.63) is 45.5 Å². The van der Waals surface area contributed by atoms with Gasteiger partial charge < -0.3 is 4.74 Å². The molecule has 0 heterocycles. The highest BCUT2D eigenvalue weighted by Gasteiger charge is 2.07. The second-order valence-electron chi connectivity index (χ2n) is 4.19.